The third kappa shape index (κ3) is 9.87. The Morgan fingerprint density at radius 2 is 1.41 bits per heavy atom. The molecular formula is C24H44N4O6. The summed E-state index contributed by atoms with van der Waals surface area (Å²) in [5, 5.41) is 5.02. The van der Waals surface area contributed by atoms with Crippen molar-refractivity contribution in [1.82, 2.24) is 10.6 Å². The molecule has 1 fully saturated rings. The monoisotopic (exact) mass is 484 g/mol. The van der Waals surface area contributed by atoms with Crippen molar-refractivity contribution < 1.29 is 28.6 Å². The van der Waals surface area contributed by atoms with Gasteiger partial charge in [-0.3, -0.25) is 15.4 Å². The van der Waals surface area contributed by atoms with Crippen LogP contribution in [0.2, 0.25) is 0 Å². The highest BCUT2D eigenvalue weighted by molar-refractivity contribution is 6.01. The molecule has 1 aliphatic carbocycles. The summed E-state index contributed by atoms with van der Waals surface area (Å²) in [5.74, 6) is -0.680. The van der Waals surface area contributed by atoms with E-state index in [0.29, 0.717) is 12.8 Å². The van der Waals surface area contributed by atoms with Gasteiger partial charge in [0.15, 0.2) is 0 Å². The molecule has 0 saturated heterocycles. The van der Waals surface area contributed by atoms with Gasteiger partial charge in [-0.25, -0.2) is 14.6 Å². The van der Waals surface area contributed by atoms with Crippen LogP contribution in [0.4, 0.5) is 9.59 Å². The van der Waals surface area contributed by atoms with Gasteiger partial charge in [0.2, 0.25) is 5.96 Å². The van der Waals surface area contributed by atoms with E-state index in [-0.39, 0.29) is 35.7 Å². The van der Waals surface area contributed by atoms with E-state index >= 15 is 0 Å². The Morgan fingerprint density at radius 3 is 1.79 bits per heavy atom. The zero-order chi connectivity index (χ0) is 26.3. The first-order chi connectivity index (χ1) is 15.6. The molecule has 34 heavy (non-hydrogen) atoms. The normalized spacial score (nSPS) is 21.4. The second-order valence-corrected chi connectivity index (χ2v) is 10.8. The number of carbonyl (C=O) groups is 3. The third-order valence-corrected chi connectivity index (χ3v) is 5.73. The van der Waals surface area contributed by atoms with Crippen molar-refractivity contribution in [1.29, 1.82) is 0 Å². The number of aliphatic imine (C=N–C) groups is 1. The number of nitrogens with one attached hydrogen (secondary N) is 2. The molecule has 196 valence electrons. The van der Waals surface area contributed by atoms with Crippen LogP contribution < -0.4 is 16.4 Å². The number of nitrogens with two attached hydrogens (primary N) is 1. The summed E-state index contributed by atoms with van der Waals surface area (Å²) in [6, 6.07) is -0.623. The van der Waals surface area contributed by atoms with Crippen LogP contribution >= 0.6 is 0 Å². The van der Waals surface area contributed by atoms with Crippen LogP contribution in [0.3, 0.4) is 0 Å². The van der Waals surface area contributed by atoms with Crippen molar-refractivity contribution in [3.63, 3.8) is 0 Å². The molecule has 0 aromatic heterocycles. The maximum Gasteiger partial charge on any atom is 0.414 e. The van der Waals surface area contributed by atoms with Crippen LogP contribution in [-0.2, 0) is 19.0 Å². The van der Waals surface area contributed by atoms with E-state index in [1.165, 1.54) is 7.11 Å². The lowest BCUT2D eigenvalue weighted by Gasteiger charge is -2.30. The summed E-state index contributed by atoms with van der Waals surface area (Å²) in [4.78, 5) is 41.8. The van der Waals surface area contributed by atoms with Crippen LogP contribution in [0.15, 0.2) is 4.99 Å². The Hall–Kier alpha value is -2.36. The number of hydrogen-bond donors (Lipinski definition) is 3. The van der Waals surface area contributed by atoms with Crippen molar-refractivity contribution in [2.75, 3.05) is 7.11 Å². The molecular weight excluding hydrogens is 440 g/mol. The number of hydrogen-bond acceptors (Lipinski definition) is 8. The number of nitrogens with zero attached hydrogens (tertiary/aromatic N) is 1. The number of esters is 1. The summed E-state index contributed by atoms with van der Waals surface area (Å²) in [6.45, 7) is 14.5. The van der Waals surface area contributed by atoms with Gasteiger partial charge in [0, 0.05) is 6.04 Å². The largest absolute Gasteiger partial charge is 0.469 e. The molecule has 2 amide bonds. The summed E-state index contributed by atoms with van der Waals surface area (Å²) < 4.78 is 15.6. The van der Waals surface area contributed by atoms with Gasteiger partial charge in [0.25, 0.3) is 0 Å². The molecule has 0 aliphatic heterocycles. The fourth-order valence-corrected chi connectivity index (χ4v) is 4.21. The highest BCUT2D eigenvalue weighted by atomic mass is 16.6. The minimum atomic E-state index is -0.773. The number of amides is 2. The molecule has 0 radical (unpaired) electrons. The molecule has 10 heteroatoms. The molecule has 1 rings (SSSR count). The maximum absolute atomic E-state index is 12.4. The SMILES string of the molecule is CCC(CC)C(N)C1CC(C(=O)OC)CC1N=C(NC(=O)OC(C)(C)C)NC(=O)OC(C)(C)C. The standard InChI is InChI=1S/C24H44N4O6/c1-10-14(11-2)18(25)16-12-15(19(29)32-9)13-17(16)26-20(27-21(30)33-23(3,4)5)28-22(31)34-24(6,7)8/h14-18H,10-13,25H2,1-9H3,(H2,26,27,28,30,31). The van der Waals surface area contributed by atoms with Gasteiger partial charge in [0.05, 0.1) is 19.1 Å². The molecule has 1 saturated carbocycles. The van der Waals surface area contributed by atoms with Gasteiger partial charge in [0.1, 0.15) is 11.2 Å². The molecule has 0 aromatic rings. The van der Waals surface area contributed by atoms with Crippen LogP contribution in [0.1, 0.15) is 81.1 Å². The fraction of sp³-hybridized carbons (Fsp3) is 0.833. The zero-order valence-electron chi connectivity index (χ0n) is 22.2. The number of carbonyl (C=O) groups excluding carboxylic acids is 3. The Morgan fingerprint density at radius 1 is 0.941 bits per heavy atom. The van der Waals surface area contributed by atoms with Crippen molar-refractivity contribution in [3.05, 3.63) is 0 Å². The van der Waals surface area contributed by atoms with E-state index in [0.717, 1.165) is 12.8 Å². The minimum Gasteiger partial charge on any atom is -0.469 e. The molecule has 4 N–H and O–H groups in total. The van der Waals surface area contributed by atoms with E-state index in [1.807, 2.05) is 0 Å². The number of rotatable bonds is 6. The molecule has 0 aromatic carbocycles. The van der Waals surface area contributed by atoms with E-state index in [9.17, 15) is 14.4 Å². The summed E-state index contributed by atoms with van der Waals surface area (Å²) in [5.41, 5.74) is 5.15. The topological polar surface area (TPSA) is 141 Å². The second kappa shape index (κ2) is 12.4. The molecule has 10 nitrogen and oxygen atoms in total. The Labute approximate surface area is 203 Å². The van der Waals surface area contributed by atoms with Crippen LogP contribution in [0.25, 0.3) is 0 Å². The van der Waals surface area contributed by atoms with Crippen molar-refractivity contribution in [2.45, 2.75) is 104 Å². The molecule has 0 heterocycles. The van der Waals surface area contributed by atoms with Crippen LogP contribution in [0, 0.1) is 17.8 Å². The van der Waals surface area contributed by atoms with Crippen molar-refractivity contribution >= 4 is 24.1 Å². The lowest BCUT2D eigenvalue weighted by atomic mass is 9.82. The van der Waals surface area contributed by atoms with Gasteiger partial charge < -0.3 is 19.9 Å². The summed E-state index contributed by atoms with van der Waals surface area (Å²) >= 11 is 0. The fourth-order valence-electron chi connectivity index (χ4n) is 4.21. The maximum atomic E-state index is 12.4. The van der Waals surface area contributed by atoms with E-state index in [1.54, 1.807) is 41.5 Å². The molecule has 1 aliphatic rings. The number of ether oxygens (including phenoxy) is 3. The lowest BCUT2D eigenvalue weighted by Crippen LogP contribution is -2.48. The third-order valence-electron chi connectivity index (χ3n) is 5.73. The van der Waals surface area contributed by atoms with E-state index in [2.05, 4.69) is 29.5 Å². The average Bonchev–Trinajstić information content (AvgIpc) is 3.08. The molecule has 4 unspecified atom stereocenters. The minimum absolute atomic E-state index is 0.110. The van der Waals surface area contributed by atoms with Crippen molar-refractivity contribution in [2.24, 2.45) is 28.5 Å². The first-order valence-corrected chi connectivity index (χ1v) is 12.0. The Kier molecular flexibility index (Phi) is 10.8. The average molecular weight is 485 g/mol. The van der Waals surface area contributed by atoms with Crippen LogP contribution in [-0.4, -0.2) is 54.5 Å². The highest BCUT2D eigenvalue weighted by Gasteiger charge is 2.43. The Balaban J connectivity index is 3.28. The summed E-state index contributed by atoms with van der Waals surface area (Å²) in [7, 11) is 1.36. The van der Waals surface area contributed by atoms with Gasteiger partial charge in [-0.05, 0) is 66.2 Å². The Bertz CT molecular complexity index is 705. The first-order valence-electron chi connectivity index (χ1n) is 12.0. The van der Waals surface area contributed by atoms with Crippen molar-refractivity contribution in [3.8, 4) is 0 Å². The lowest BCUT2D eigenvalue weighted by molar-refractivity contribution is -0.145. The molecule has 4 atom stereocenters. The smallest absolute Gasteiger partial charge is 0.414 e. The van der Waals surface area contributed by atoms with Gasteiger partial charge in [-0.2, -0.15) is 0 Å². The van der Waals surface area contributed by atoms with Crippen LogP contribution in [0.5, 0.6) is 0 Å². The molecule has 0 spiro atoms. The summed E-state index contributed by atoms with van der Waals surface area (Å²) in [6.07, 6.45) is 1.15. The quantitative estimate of drug-likeness (QED) is 0.226. The van der Waals surface area contributed by atoms with Gasteiger partial charge in [-0.1, -0.05) is 26.7 Å². The van der Waals surface area contributed by atoms with E-state index in [4.69, 9.17) is 19.9 Å². The van der Waals surface area contributed by atoms with E-state index < -0.39 is 29.4 Å². The number of methoxy groups -OCH3 is 1. The molecule has 0 bridgehead atoms. The van der Waals surface area contributed by atoms with Gasteiger partial charge >= 0.3 is 18.2 Å². The predicted molar refractivity (Wildman–Crippen MR) is 130 cm³/mol. The zero-order valence-corrected chi connectivity index (χ0v) is 22.2. The number of guanidine groups is 1. The predicted octanol–water partition coefficient (Wildman–Crippen LogP) is 3.72. The highest BCUT2D eigenvalue weighted by Crippen LogP contribution is 2.38. The van der Waals surface area contributed by atoms with Gasteiger partial charge in [-0.15, -0.1) is 0 Å². The first kappa shape index (κ1) is 29.7. The second-order valence-electron chi connectivity index (χ2n) is 10.8. The number of alkyl carbamates (subject to hydrolysis) is 2.